The van der Waals surface area contributed by atoms with Gasteiger partial charge in [0.25, 0.3) is 0 Å². The molecule has 0 saturated heterocycles. The summed E-state index contributed by atoms with van der Waals surface area (Å²) in [5.74, 6) is 0.515. The fraction of sp³-hybridized carbons (Fsp3) is 0.889. The largest absolute Gasteiger partial charge is 0.465 e. The van der Waals surface area contributed by atoms with Crippen molar-refractivity contribution in [3.8, 4) is 0 Å². The molecule has 5 N–H and O–H groups in total. The Morgan fingerprint density at radius 3 is 2.46 bits per heavy atom. The maximum atomic E-state index is 10.2. The van der Waals surface area contributed by atoms with Crippen molar-refractivity contribution >= 4 is 6.09 Å². The molecule has 0 radical (unpaired) electrons. The Morgan fingerprint density at radius 1 is 1.46 bits per heavy atom. The standard InChI is InChI=1S/C9H19NO2.H3N/c1-3-5-6-8(4-2)7-10-9(11)12;/h8,10H,3-7H2,1-2H3,(H,11,12);1H3. The smallest absolute Gasteiger partial charge is 0.404 e. The highest BCUT2D eigenvalue weighted by atomic mass is 16.4. The summed E-state index contributed by atoms with van der Waals surface area (Å²) in [5, 5.41) is 10.8. The fourth-order valence-electron chi connectivity index (χ4n) is 1.17. The molecule has 0 fully saturated rings. The molecule has 0 saturated carbocycles. The van der Waals surface area contributed by atoms with Crippen LogP contribution in [0, 0.1) is 5.92 Å². The second kappa shape index (κ2) is 9.32. The molecule has 0 rings (SSSR count). The van der Waals surface area contributed by atoms with Crippen LogP contribution in [0.3, 0.4) is 0 Å². The average Bonchev–Trinajstić information content (AvgIpc) is 2.05. The number of amides is 1. The molecule has 0 aliphatic heterocycles. The van der Waals surface area contributed by atoms with E-state index in [4.69, 9.17) is 5.11 Å². The molecule has 0 aliphatic carbocycles. The molecule has 0 aromatic rings. The van der Waals surface area contributed by atoms with Crippen molar-refractivity contribution in [1.82, 2.24) is 11.5 Å². The van der Waals surface area contributed by atoms with E-state index in [2.05, 4.69) is 19.2 Å². The van der Waals surface area contributed by atoms with E-state index in [1.54, 1.807) is 0 Å². The summed E-state index contributed by atoms with van der Waals surface area (Å²) in [6.45, 7) is 4.85. The minimum atomic E-state index is -0.912. The van der Waals surface area contributed by atoms with Gasteiger partial charge in [-0.1, -0.05) is 33.1 Å². The summed E-state index contributed by atoms with van der Waals surface area (Å²) < 4.78 is 0. The first-order chi connectivity index (χ1) is 5.70. The maximum Gasteiger partial charge on any atom is 0.404 e. The molecule has 13 heavy (non-hydrogen) atoms. The van der Waals surface area contributed by atoms with E-state index in [0.29, 0.717) is 12.5 Å². The summed E-state index contributed by atoms with van der Waals surface area (Å²) in [4.78, 5) is 10.2. The summed E-state index contributed by atoms with van der Waals surface area (Å²) in [7, 11) is 0. The van der Waals surface area contributed by atoms with Crippen LogP contribution in [-0.4, -0.2) is 17.7 Å². The van der Waals surface area contributed by atoms with Gasteiger partial charge in [-0.25, -0.2) is 4.79 Å². The lowest BCUT2D eigenvalue weighted by Gasteiger charge is -2.13. The lowest BCUT2D eigenvalue weighted by molar-refractivity contribution is 0.191. The van der Waals surface area contributed by atoms with Gasteiger partial charge in [-0.15, -0.1) is 0 Å². The van der Waals surface area contributed by atoms with E-state index in [9.17, 15) is 4.79 Å². The molecular weight excluding hydrogens is 168 g/mol. The van der Waals surface area contributed by atoms with Gasteiger partial charge in [0, 0.05) is 6.54 Å². The van der Waals surface area contributed by atoms with E-state index >= 15 is 0 Å². The summed E-state index contributed by atoms with van der Waals surface area (Å²) >= 11 is 0. The van der Waals surface area contributed by atoms with Gasteiger partial charge in [-0.3, -0.25) is 0 Å². The first kappa shape index (κ1) is 14.7. The Labute approximate surface area is 80.3 Å². The summed E-state index contributed by atoms with van der Waals surface area (Å²) in [6.07, 6.45) is 3.65. The second-order valence-corrected chi connectivity index (χ2v) is 3.10. The van der Waals surface area contributed by atoms with Crippen LogP contribution in [0.25, 0.3) is 0 Å². The van der Waals surface area contributed by atoms with Crippen LogP contribution in [-0.2, 0) is 0 Å². The van der Waals surface area contributed by atoms with E-state index < -0.39 is 6.09 Å². The predicted octanol–water partition coefficient (Wildman–Crippen LogP) is 2.63. The molecule has 0 aliphatic rings. The van der Waals surface area contributed by atoms with Gasteiger partial charge < -0.3 is 16.6 Å². The van der Waals surface area contributed by atoms with Crippen molar-refractivity contribution in [3.63, 3.8) is 0 Å². The number of hydrogen-bond acceptors (Lipinski definition) is 2. The number of hydrogen-bond donors (Lipinski definition) is 3. The third-order valence-corrected chi connectivity index (χ3v) is 2.09. The van der Waals surface area contributed by atoms with Crippen LogP contribution in [0.5, 0.6) is 0 Å². The van der Waals surface area contributed by atoms with Gasteiger partial charge >= 0.3 is 6.09 Å². The Hall–Kier alpha value is -0.770. The first-order valence-electron chi connectivity index (χ1n) is 4.67. The quantitative estimate of drug-likeness (QED) is 0.602. The summed E-state index contributed by atoms with van der Waals surface area (Å²) in [6, 6.07) is 0. The van der Waals surface area contributed by atoms with Crippen LogP contribution < -0.4 is 11.5 Å². The molecule has 80 valence electrons. The summed E-state index contributed by atoms with van der Waals surface area (Å²) in [5.41, 5.74) is 0. The molecule has 4 nitrogen and oxygen atoms in total. The molecule has 0 spiro atoms. The second-order valence-electron chi connectivity index (χ2n) is 3.10. The highest BCUT2D eigenvalue weighted by Gasteiger charge is 2.06. The van der Waals surface area contributed by atoms with Gasteiger partial charge in [0.1, 0.15) is 0 Å². The Balaban J connectivity index is 0. The average molecular weight is 190 g/mol. The van der Waals surface area contributed by atoms with Crippen molar-refractivity contribution in [2.75, 3.05) is 6.54 Å². The monoisotopic (exact) mass is 190 g/mol. The van der Waals surface area contributed by atoms with Crippen LogP contribution in [0.1, 0.15) is 39.5 Å². The number of carboxylic acid groups (broad SMARTS) is 1. The Morgan fingerprint density at radius 2 is 2.08 bits per heavy atom. The van der Waals surface area contributed by atoms with Crippen LogP contribution in [0.4, 0.5) is 4.79 Å². The Bertz CT molecular complexity index is 129. The van der Waals surface area contributed by atoms with Gasteiger partial charge in [-0.2, -0.15) is 0 Å². The zero-order valence-corrected chi connectivity index (χ0v) is 8.68. The van der Waals surface area contributed by atoms with Crippen LogP contribution in [0.15, 0.2) is 0 Å². The minimum absolute atomic E-state index is 0. The molecule has 4 heteroatoms. The van der Waals surface area contributed by atoms with Crippen molar-refractivity contribution in [2.45, 2.75) is 39.5 Å². The molecule has 0 bridgehead atoms. The fourth-order valence-corrected chi connectivity index (χ4v) is 1.17. The zero-order valence-electron chi connectivity index (χ0n) is 8.68. The molecule has 0 aromatic heterocycles. The van der Waals surface area contributed by atoms with Crippen molar-refractivity contribution in [1.29, 1.82) is 0 Å². The number of nitrogens with one attached hydrogen (secondary N) is 1. The van der Waals surface area contributed by atoms with Gasteiger partial charge in [-0.05, 0) is 12.3 Å². The van der Waals surface area contributed by atoms with Gasteiger partial charge in [0.05, 0.1) is 0 Å². The topological polar surface area (TPSA) is 84.3 Å². The molecule has 0 heterocycles. The molecule has 1 amide bonds. The van der Waals surface area contributed by atoms with Gasteiger partial charge in [0.15, 0.2) is 0 Å². The predicted molar refractivity (Wildman–Crippen MR) is 54.4 cm³/mol. The van der Waals surface area contributed by atoms with Crippen molar-refractivity contribution in [3.05, 3.63) is 0 Å². The highest BCUT2D eigenvalue weighted by Crippen LogP contribution is 2.10. The Kier molecular flexibility index (Phi) is 10.6. The van der Waals surface area contributed by atoms with Crippen LogP contribution >= 0.6 is 0 Å². The van der Waals surface area contributed by atoms with E-state index in [-0.39, 0.29) is 6.15 Å². The zero-order chi connectivity index (χ0) is 9.40. The highest BCUT2D eigenvalue weighted by molar-refractivity contribution is 5.64. The molecule has 1 unspecified atom stereocenters. The molecular formula is C9H22N2O2. The minimum Gasteiger partial charge on any atom is -0.465 e. The number of rotatable bonds is 6. The number of unbranched alkanes of at least 4 members (excludes halogenated alkanes) is 1. The first-order valence-corrected chi connectivity index (χ1v) is 4.67. The van der Waals surface area contributed by atoms with E-state index in [0.717, 1.165) is 12.8 Å². The third-order valence-electron chi connectivity index (χ3n) is 2.09. The van der Waals surface area contributed by atoms with Crippen molar-refractivity contribution in [2.24, 2.45) is 5.92 Å². The normalized spacial score (nSPS) is 11.5. The lowest BCUT2D eigenvalue weighted by Crippen LogP contribution is -2.27. The number of carbonyl (C=O) groups is 1. The van der Waals surface area contributed by atoms with E-state index in [1.807, 2.05) is 0 Å². The van der Waals surface area contributed by atoms with E-state index in [1.165, 1.54) is 12.8 Å². The molecule has 0 aromatic carbocycles. The SMILES string of the molecule is CCCCC(CC)CNC(=O)O.N. The van der Waals surface area contributed by atoms with Crippen molar-refractivity contribution < 1.29 is 9.90 Å². The van der Waals surface area contributed by atoms with Gasteiger partial charge in [0.2, 0.25) is 0 Å². The molecule has 1 atom stereocenters. The third kappa shape index (κ3) is 9.14. The lowest BCUT2D eigenvalue weighted by atomic mass is 10.00. The van der Waals surface area contributed by atoms with Crippen LogP contribution in [0.2, 0.25) is 0 Å². The maximum absolute atomic E-state index is 10.2.